The number of fused-ring (bicyclic) bond motifs is 1. The molecule has 1 aliphatic rings. The fourth-order valence-electron chi connectivity index (χ4n) is 2.45. The van der Waals surface area contributed by atoms with Gasteiger partial charge in [0.15, 0.2) is 0 Å². The molecule has 0 saturated carbocycles. The molecule has 92 valence electrons. The van der Waals surface area contributed by atoms with Crippen LogP contribution < -0.4 is 4.74 Å². The van der Waals surface area contributed by atoms with Crippen molar-refractivity contribution in [3.8, 4) is 11.5 Å². The van der Waals surface area contributed by atoms with Crippen LogP contribution in [0.5, 0.6) is 11.5 Å². The minimum atomic E-state index is 0.160. The molecule has 0 aromatic heterocycles. The zero-order valence-corrected chi connectivity index (χ0v) is 10.2. The molecule has 2 nitrogen and oxygen atoms in total. The van der Waals surface area contributed by atoms with Crippen LogP contribution in [0.1, 0.15) is 17.5 Å². The van der Waals surface area contributed by atoms with Gasteiger partial charge in [0.2, 0.25) is 0 Å². The number of rotatable bonds is 2. The second kappa shape index (κ2) is 4.73. The number of aryl methyl sites for hydroxylation is 1. The normalized spacial score (nSPS) is 17.9. The summed E-state index contributed by atoms with van der Waals surface area (Å²) < 4.78 is 5.98. The van der Waals surface area contributed by atoms with E-state index in [0.29, 0.717) is 5.75 Å². The van der Waals surface area contributed by atoms with Crippen LogP contribution in [0.3, 0.4) is 0 Å². The number of ether oxygens (including phenoxy) is 1. The maximum absolute atomic E-state index is 9.78. The van der Waals surface area contributed by atoms with E-state index in [2.05, 4.69) is 6.07 Å². The summed E-state index contributed by atoms with van der Waals surface area (Å²) in [5.41, 5.74) is 2.24. The average Bonchev–Trinajstić information content (AvgIpc) is 2.41. The van der Waals surface area contributed by atoms with Gasteiger partial charge in [-0.2, -0.15) is 0 Å². The summed E-state index contributed by atoms with van der Waals surface area (Å²) in [7, 11) is 0. The Morgan fingerprint density at radius 2 is 1.83 bits per heavy atom. The highest BCUT2D eigenvalue weighted by Crippen LogP contribution is 2.29. The molecule has 1 aliphatic heterocycles. The minimum absolute atomic E-state index is 0.160. The van der Waals surface area contributed by atoms with E-state index in [1.807, 2.05) is 36.4 Å². The van der Waals surface area contributed by atoms with Crippen LogP contribution in [0.2, 0.25) is 0 Å². The van der Waals surface area contributed by atoms with E-state index in [1.54, 1.807) is 6.07 Å². The fourth-order valence-corrected chi connectivity index (χ4v) is 2.45. The van der Waals surface area contributed by atoms with Gasteiger partial charge in [0, 0.05) is 6.42 Å². The fraction of sp³-hybridized carbons (Fsp3) is 0.250. The largest absolute Gasteiger partial charge is 0.508 e. The highest BCUT2D eigenvalue weighted by atomic mass is 16.5. The third-order valence-corrected chi connectivity index (χ3v) is 3.44. The summed E-state index contributed by atoms with van der Waals surface area (Å²) in [6.45, 7) is 0. The van der Waals surface area contributed by atoms with Crippen LogP contribution in [0.25, 0.3) is 0 Å². The Morgan fingerprint density at radius 1 is 1.06 bits per heavy atom. The lowest BCUT2D eigenvalue weighted by Gasteiger charge is -2.26. The van der Waals surface area contributed by atoms with E-state index < -0.39 is 0 Å². The molecule has 0 fully saturated rings. The van der Waals surface area contributed by atoms with Crippen LogP contribution >= 0.6 is 0 Å². The van der Waals surface area contributed by atoms with Crippen LogP contribution in [0.15, 0.2) is 48.5 Å². The van der Waals surface area contributed by atoms with Crippen molar-refractivity contribution in [1.29, 1.82) is 0 Å². The standard InChI is InChI=1S/C16H16O2/c17-15-7-3-1-6-13(15)11-14-10-9-12-5-2-4-8-16(12)18-14/h1-8,14,17H,9-11H2. The van der Waals surface area contributed by atoms with Gasteiger partial charge in [-0.3, -0.25) is 0 Å². The number of phenolic OH excluding ortho intramolecular Hbond substituents is 1. The van der Waals surface area contributed by atoms with Gasteiger partial charge < -0.3 is 9.84 Å². The Kier molecular flexibility index (Phi) is 2.93. The molecule has 1 atom stereocenters. The summed E-state index contributed by atoms with van der Waals surface area (Å²) in [6.07, 6.45) is 2.98. The predicted octanol–water partition coefficient (Wildman–Crippen LogP) is 3.33. The summed E-state index contributed by atoms with van der Waals surface area (Å²) in [6, 6.07) is 15.7. The summed E-state index contributed by atoms with van der Waals surface area (Å²) in [5.74, 6) is 1.35. The molecule has 3 rings (SSSR count). The molecule has 0 spiro atoms. The maximum atomic E-state index is 9.78. The van der Waals surface area contributed by atoms with Crippen molar-refractivity contribution in [2.24, 2.45) is 0 Å². The Hall–Kier alpha value is -1.96. The van der Waals surface area contributed by atoms with Gasteiger partial charge in [0.05, 0.1) is 0 Å². The molecule has 1 unspecified atom stereocenters. The first-order chi connectivity index (χ1) is 8.83. The first-order valence-corrected chi connectivity index (χ1v) is 6.34. The summed E-state index contributed by atoms with van der Waals surface area (Å²) >= 11 is 0. The molecule has 0 saturated heterocycles. The molecule has 2 aromatic carbocycles. The molecule has 0 bridgehead atoms. The van der Waals surface area contributed by atoms with Crippen molar-refractivity contribution in [3.05, 3.63) is 59.7 Å². The summed E-state index contributed by atoms with van der Waals surface area (Å²) in [4.78, 5) is 0. The number of hydrogen-bond acceptors (Lipinski definition) is 2. The Bertz CT molecular complexity index is 548. The first kappa shape index (κ1) is 11.1. The van der Waals surface area contributed by atoms with Crippen LogP contribution in [0, 0.1) is 0 Å². The molecule has 1 heterocycles. The third-order valence-electron chi connectivity index (χ3n) is 3.44. The van der Waals surface area contributed by atoms with Crippen molar-refractivity contribution < 1.29 is 9.84 Å². The van der Waals surface area contributed by atoms with Gasteiger partial charge >= 0.3 is 0 Å². The maximum Gasteiger partial charge on any atom is 0.122 e. The van der Waals surface area contributed by atoms with E-state index in [4.69, 9.17) is 4.74 Å². The van der Waals surface area contributed by atoms with Crippen LogP contribution in [0.4, 0.5) is 0 Å². The summed E-state index contributed by atoms with van der Waals surface area (Å²) in [5, 5.41) is 9.78. The first-order valence-electron chi connectivity index (χ1n) is 6.34. The number of benzene rings is 2. The Labute approximate surface area is 107 Å². The molecule has 2 aromatic rings. The lowest BCUT2D eigenvalue weighted by atomic mass is 9.97. The van der Waals surface area contributed by atoms with Gasteiger partial charge in [-0.15, -0.1) is 0 Å². The van der Waals surface area contributed by atoms with Gasteiger partial charge in [-0.05, 0) is 36.1 Å². The SMILES string of the molecule is Oc1ccccc1CC1CCc2ccccc2O1. The van der Waals surface area contributed by atoms with Crippen LogP contribution in [-0.2, 0) is 12.8 Å². The van der Waals surface area contributed by atoms with E-state index in [-0.39, 0.29) is 6.10 Å². The molecule has 18 heavy (non-hydrogen) atoms. The Balaban J connectivity index is 1.75. The zero-order chi connectivity index (χ0) is 12.4. The Morgan fingerprint density at radius 3 is 2.72 bits per heavy atom. The van der Waals surface area contributed by atoms with Gasteiger partial charge in [-0.25, -0.2) is 0 Å². The third kappa shape index (κ3) is 2.19. The number of phenols is 1. The smallest absolute Gasteiger partial charge is 0.122 e. The quantitative estimate of drug-likeness (QED) is 0.872. The number of hydrogen-bond donors (Lipinski definition) is 1. The van der Waals surface area contributed by atoms with Gasteiger partial charge in [-0.1, -0.05) is 36.4 Å². The van der Waals surface area contributed by atoms with Crippen molar-refractivity contribution >= 4 is 0 Å². The predicted molar refractivity (Wildman–Crippen MR) is 71.0 cm³/mol. The lowest BCUT2D eigenvalue weighted by Crippen LogP contribution is -2.24. The van der Waals surface area contributed by atoms with Crippen molar-refractivity contribution in [2.75, 3.05) is 0 Å². The average molecular weight is 240 g/mol. The second-order valence-corrected chi connectivity index (χ2v) is 4.72. The highest BCUT2D eigenvalue weighted by Gasteiger charge is 2.20. The second-order valence-electron chi connectivity index (χ2n) is 4.72. The molecule has 1 N–H and O–H groups in total. The number of aromatic hydroxyl groups is 1. The monoisotopic (exact) mass is 240 g/mol. The van der Waals surface area contributed by atoms with Crippen molar-refractivity contribution in [2.45, 2.75) is 25.4 Å². The van der Waals surface area contributed by atoms with E-state index >= 15 is 0 Å². The van der Waals surface area contributed by atoms with E-state index in [0.717, 1.165) is 30.6 Å². The molecule has 0 aliphatic carbocycles. The topological polar surface area (TPSA) is 29.5 Å². The van der Waals surface area contributed by atoms with E-state index in [1.165, 1.54) is 5.56 Å². The molecule has 0 radical (unpaired) electrons. The zero-order valence-electron chi connectivity index (χ0n) is 10.2. The van der Waals surface area contributed by atoms with Crippen molar-refractivity contribution in [3.63, 3.8) is 0 Å². The number of para-hydroxylation sites is 2. The van der Waals surface area contributed by atoms with Crippen molar-refractivity contribution in [1.82, 2.24) is 0 Å². The lowest BCUT2D eigenvalue weighted by molar-refractivity contribution is 0.173. The van der Waals surface area contributed by atoms with Gasteiger partial charge in [0.1, 0.15) is 17.6 Å². The van der Waals surface area contributed by atoms with Gasteiger partial charge in [0.25, 0.3) is 0 Å². The van der Waals surface area contributed by atoms with E-state index in [9.17, 15) is 5.11 Å². The molecule has 0 amide bonds. The highest BCUT2D eigenvalue weighted by molar-refractivity contribution is 5.36. The minimum Gasteiger partial charge on any atom is -0.508 e. The molecular weight excluding hydrogens is 224 g/mol. The molecule has 2 heteroatoms. The van der Waals surface area contributed by atoms with Crippen LogP contribution in [-0.4, -0.2) is 11.2 Å². The molecular formula is C16H16O2.